The Balaban J connectivity index is 2.07. The third kappa shape index (κ3) is 4.12. The molecule has 0 bridgehead atoms. The fraction of sp³-hybridized carbons (Fsp3) is 0.444. The Labute approximate surface area is 137 Å². The van der Waals surface area contributed by atoms with E-state index in [0.717, 1.165) is 0 Å². The SMILES string of the molecule is CC(C)=CCOc1cccc(C(=O)N(C)[C@@H]2CCN(C)C2=O)c1. The quantitative estimate of drug-likeness (QED) is 0.784. The Morgan fingerprint density at radius 2 is 2.17 bits per heavy atom. The highest BCUT2D eigenvalue weighted by molar-refractivity contribution is 5.98. The number of rotatable bonds is 5. The molecule has 1 fully saturated rings. The molecule has 1 aliphatic heterocycles. The van der Waals surface area contributed by atoms with E-state index in [1.165, 1.54) is 10.5 Å². The lowest BCUT2D eigenvalue weighted by molar-refractivity contribution is -0.130. The molecule has 124 valence electrons. The second-order valence-corrected chi connectivity index (χ2v) is 6.10. The fourth-order valence-electron chi connectivity index (χ4n) is 2.53. The van der Waals surface area contributed by atoms with Crippen molar-refractivity contribution in [3.63, 3.8) is 0 Å². The van der Waals surface area contributed by atoms with Gasteiger partial charge in [0.15, 0.2) is 0 Å². The number of nitrogens with zero attached hydrogens (tertiary/aromatic N) is 2. The van der Waals surface area contributed by atoms with Gasteiger partial charge < -0.3 is 14.5 Å². The van der Waals surface area contributed by atoms with Crippen LogP contribution >= 0.6 is 0 Å². The molecule has 0 radical (unpaired) electrons. The lowest BCUT2D eigenvalue weighted by Gasteiger charge is -2.23. The van der Waals surface area contributed by atoms with Gasteiger partial charge in [-0.2, -0.15) is 0 Å². The first-order valence-corrected chi connectivity index (χ1v) is 7.78. The number of benzene rings is 1. The van der Waals surface area contributed by atoms with Crippen molar-refractivity contribution in [3.05, 3.63) is 41.5 Å². The molecule has 23 heavy (non-hydrogen) atoms. The third-order valence-electron chi connectivity index (χ3n) is 4.01. The number of likely N-dealkylation sites (tertiary alicyclic amines) is 1. The van der Waals surface area contributed by atoms with Crippen LogP contribution < -0.4 is 4.74 Å². The highest BCUT2D eigenvalue weighted by Gasteiger charge is 2.34. The second-order valence-electron chi connectivity index (χ2n) is 6.10. The molecule has 1 aromatic carbocycles. The van der Waals surface area contributed by atoms with Crippen molar-refractivity contribution in [1.29, 1.82) is 0 Å². The van der Waals surface area contributed by atoms with Crippen LogP contribution in [0.15, 0.2) is 35.9 Å². The zero-order valence-corrected chi connectivity index (χ0v) is 14.2. The summed E-state index contributed by atoms with van der Waals surface area (Å²) in [7, 11) is 3.44. The maximum atomic E-state index is 12.6. The summed E-state index contributed by atoms with van der Waals surface area (Å²) in [6, 6.07) is 6.71. The van der Waals surface area contributed by atoms with E-state index in [1.54, 1.807) is 37.2 Å². The monoisotopic (exact) mass is 316 g/mol. The standard InChI is InChI=1S/C18H24N2O3/c1-13(2)9-11-23-15-7-5-6-14(12-15)17(21)20(4)16-8-10-19(3)18(16)22/h5-7,9,12,16H,8,10-11H2,1-4H3/t16-/m1/s1. The summed E-state index contributed by atoms with van der Waals surface area (Å²) in [5, 5.41) is 0. The van der Waals surface area contributed by atoms with Gasteiger partial charge in [0, 0.05) is 26.2 Å². The summed E-state index contributed by atoms with van der Waals surface area (Å²) in [6.07, 6.45) is 2.65. The molecule has 0 spiro atoms. The number of carbonyl (C=O) groups is 2. The van der Waals surface area contributed by atoms with Crippen LogP contribution in [-0.4, -0.2) is 54.9 Å². The predicted octanol–water partition coefficient (Wildman–Crippen LogP) is 2.33. The average Bonchev–Trinajstić information content (AvgIpc) is 2.85. The maximum Gasteiger partial charge on any atom is 0.254 e. The Hall–Kier alpha value is -2.30. The zero-order valence-electron chi connectivity index (χ0n) is 14.2. The van der Waals surface area contributed by atoms with Gasteiger partial charge in [0.1, 0.15) is 18.4 Å². The Morgan fingerprint density at radius 1 is 1.43 bits per heavy atom. The summed E-state index contributed by atoms with van der Waals surface area (Å²) in [6.45, 7) is 5.18. The van der Waals surface area contributed by atoms with Gasteiger partial charge in [0.25, 0.3) is 5.91 Å². The summed E-state index contributed by atoms with van der Waals surface area (Å²) >= 11 is 0. The lowest BCUT2D eigenvalue weighted by Crippen LogP contribution is -2.42. The number of ether oxygens (including phenoxy) is 1. The van der Waals surface area contributed by atoms with Gasteiger partial charge in [0.2, 0.25) is 5.91 Å². The molecule has 2 rings (SSSR count). The minimum absolute atomic E-state index is 0.00295. The van der Waals surface area contributed by atoms with E-state index in [2.05, 4.69) is 0 Å². The molecule has 2 amide bonds. The van der Waals surface area contributed by atoms with Crippen molar-refractivity contribution in [2.45, 2.75) is 26.3 Å². The third-order valence-corrected chi connectivity index (χ3v) is 4.01. The van der Waals surface area contributed by atoms with Gasteiger partial charge in [-0.3, -0.25) is 9.59 Å². The minimum atomic E-state index is -0.372. The van der Waals surface area contributed by atoms with Crippen LogP contribution in [-0.2, 0) is 4.79 Å². The van der Waals surface area contributed by atoms with Crippen LogP contribution in [0.2, 0.25) is 0 Å². The van der Waals surface area contributed by atoms with Crippen LogP contribution in [0.4, 0.5) is 0 Å². The van der Waals surface area contributed by atoms with E-state index in [4.69, 9.17) is 4.74 Å². The second kappa shape index (κ2) is 7.31. The molecule has 0 N–H and O–H groups in total. The number of carbonyl (C=O) groups excluding carboxylic acids is 2. The lowest BCUT2D eigenvalue weighted by atomic mass is 10.1. The first-order chi connectivity index (χ1) is 10.9. The van der Waals surface area contributed by atoms with Crippen LogP contribution in [0.25, 0.3) is 0 Å². The molecule has 5 nitrogen and oxygen atoms in total. The zero-order chi connectivity index (χ0) is 17.0. The number of amides is 2. The molecule has 1 heterocycles. The first kappa shape index (κ1) is 17.1. The van der Waals surface area contributed by atoms with Crippen LogP contribution in [0.5, 0.6) is 5.75 Å². The molecule has 1 aliphatic rings. The largest absolute Gasteiger partial charge is 0.490 e. The van der Waals surface area contributed by atoms with Gasteiger partial charge in [-0.05, 0) is 44.5 Å². The summed E-state index contributed by atoms with van der Waals surface area (Å²) in [5.74, 6) is 0.486. The van der Waals surface area contributed by atoms with Crippen molar-refractivity contribution < 1.29 is 14.3 Å². The predicted molar refractivity (Wildman–Crippen MR) is 89.5 cm³/mol. The Kier molecular flexibility index (Phi) is 5.42. The van der Waals surface area contributed by atoms with E-state index < -0.39 is 0 Å². The summed E-state index contributed by atoms with van der Waals surface area (Å²) < 4.78 is 5.63. The van der Waals surface area contributed by atoms with Gasteiger partial charge in [-0.15, -0.1) is 0 Å². The van der Waals surface area contributed by atoms with Gasteiger partial charge in [-0.1, -0.05) is 11.6 Å². The maximum absolute atomic E-state index is 12.6. The van der Waals surface area contributed by atoms with Crippen molar-refractivity contribution in [2.24, 2.45) is 0 Å². The number of hydrogen-bond acceptors (Lipinski definition) is 3. The highest BCUT2D eigenvalue weighted by atomic mass is 16.5. The number of hydrogen-bond donors (Lipinski definition) is 0. The summed E-state index contributed by atoms with van der Waals surface area (Å²) in [5.41, 5.74) is 1.71. The van der Waals surface area contributed by atoms with Crippen molar-refractivity contribution in [2.75, 3.05) is 27.2 Å². The molecule has 1 saturated heterocycles. The molecular formula is C18H24N2O3. The molecule has 5 heteroatoms. The van der Waals surface area contributed by atoms with E-state index >= 15 is 0 Å². The number of allylic oxidation sites excluding steroid dienone is 1. The fourth-order valence-corrected chi connectivity index (χ4v) is 2.53. The average molecular weight is 316 g/mol. The van der Waals surface area contributed by atoms with Crippen LogP contribution in [0, 0.1) is 0 Å². The molecule has 0 saturated carbocycles. The van der Waals surface area contributed by atoms with Crippen LogP contribution in [0.1, 0.15) is 30.6 Å². The van der Waals surface area contributed by atoms with Crippen molar-refractivity contribution >= 4 is 11.8 Å². The normalized spacial score (nSPS) is 17.1. The summed E-state index contributed by atoms with van der Waals surface area (Å²) in [4.78, 5) is 27.9. The van der Waals surface area contributed by atoms with Gasteiger partial charge in [-0.25, -0.2) is 0 Å². The molecule has 0 aromatic heterocycles. The first-order valence-electron chi connectivity index (χ1n) is 7.78. The van der Waals surface area contributed by atoms with Crippen molar-refractivity contribution in [1.82, 2.24) is 9.80 Å². The van der Waals surface area contributed by atoms with Gasteiger partial charge >= 0.3 is 0 Å². The molecular weight excluding hydrogens is 292 g/mol. The Bertz CT molecular complexity index is 620. The molecule has 1 atom stereocenters. The minimum Gasteiger partial charge on any atom is -0.490 e. The van der Waals surface area contributed by atoms with E-state index in [-0.39, 0.29) is 17.9 Å². The van der Waals surface area contributed by atoms with E-state index in [1.807, 2.05) is 26.0 Å². The highest BCUT2D eigenvalue weighted by Crippen LogP contribution is 2.19. The molecule has 0 unspecified atom stereocenters. The molecule has 1 aromatic rings. The van der Waals surface area contributed by atoms with E-state index in [9.17, 15) is 9.59 Å². The molecule has 0 aliphatic carbocycles. The Morgan fingerprint density at radius 3 is 2.78 bits per heavy atom. The van der Waals surface area contributed by atoms with Gasteiger partial charge in [0.05, 0.1) is 0 Å². The van der Waals surface area contributed by atoms with Crippen molar-refractivity contribution in [3.8, 4) is 5.75 Å². The topological polar surface area (TPSA) is 49.9 Å². The van der Waals surface area contributed by atoms with Crippen LogP contribution in [0.3, 0.4) is 0 Å². The smallest absolute Gasteiger partial charge is 0.254 e. The number of likely N-dealkylation sites (N-methyl/N-ethyl adjacent to an activating group) is 2. The van der Waals surface area contributed by atoms with E-state index in [0.29, 0.717) is 30.9 Å².